The Morgan fingerprint density at radius 2 is 2.11 bits per heavy atom. The minimum absolute atomic E-state index is 0.266. The Kier molecular flexibility index (Phi) is 2.13. The number of aromatic amines is 1. The SMILES string of the molecule is Cc1cc(F)ccc1-n1nc(C)c2c(N)[nH]nc21. The summed E-state index contributed by atoms with van der Waals surface area (Å²) in [4.78, 5) is 0. The van der Waals surface area contributed by atoms with E-state index in [1.165, 1.54) is 12.1 Å². The summed E-state index contributed by atoms with van der Waals surface area (Å²) in [6.07, 6.45) is 0. The number of H-pyrrole nitrogens is 1. The van der Waals surface area contributed by atoms with Crippen LogP contribution in [0.3, 0.4) is 0 Å². The lowest BCUT2D eigenvalue weighted by Crippen LogP contribution is -2.00. The molecule has 1 aromatic carbocycles. The van der Waals surface area contributed by atoms with Gasteiger partial charge in [-0.05, 0) is 37.6 Å². The number of hydrogen-bond acceptors (Lipinski definition) is 3. The van der Waals surface area contributed by atoms with E-state index >= 15 is 0 Å². The lowest BCUT2D eigenvalue weighted by molar-refractivity contribution is 0.625. The Bertz CT molecular complexity index is 740. The van der Waals surface area contributed by atoms with Crippen LogP contribution >= 0.6 is 0 Å². The summed E-state index contributed by atoms with van der Waals surface area (Å²) >= 11 is 0. The smallest absolute Gasteiger partial charge is 0.186 e. The molecule has 18 heavy (non-hydrogen) atoms. The molecule has 92 valence electrons. The first kappa shape index (κ1) is 10.8. The summed E-state index contributed by atoms with van der Waals surface area (Å²) in [5.74, 6) is 0.228. The zero-order valence-electron chi connectivity index (χ0n) is 10.0. The van der Waals surface area contributed by atoms with Crippen LogP contribution < -0.4 is 5.73 Å². The van der Waals surface area contributed by atoms with Crippen LogP contribution in [0.4, 0.5) is 10.2 Å². The Balaban J connectivity index is 2.32. The second-order valence-electron chi connectivity index (χ2n) is 4.26. The molecule has 0 amide bonds. The molecule has 0 radical (unpaired) electrons. The Morgan fingerprint density at radius 3 is 2.83 bits per heavy atom. The van der Waals surface area contributed by atoms with Crippen LogP contribution in [0.25, 0.3) is 16.7 Å². The average Bonchev–Trinajstić information content (AvgIpc) is 2.82. The maximum absolute atomic E-state index is 13.1. The highest BCUT2D eigenvalue weighted by Crippen LogP contribution is 2.25. The third-order valence-corrected chi connectivity index (χ3v) is 2.97. The topological polar surface area (TPSA) is 72.5 Å². The Labute approximate surface area is 102 Å². The largest absolute Gasteiger partial charge is 0.383 e. The van der Waals surface area contributed by atoms with Gasteiger partial charge in [-0.1, -0.05) is 0 Å². The van der Waals surface area contributed by atoms with Gasteiger partial charge in [-0.25, -0.2) is 9.07 Å². The quantitative estimate of drug-likeness (QED) is 0.689. The highest BCUT2D eigenvalue weighted by Gasteiger charge is 2.15. The summed E-state index contributed by atoms with van der Waals surface area (Å²) in [5.41, 5.74) is 8.83. The normalized spacial score (nSPS) is 11.3. The average molecular weight is 245 g/mol. The number of aryl methyl sites for hydroxylation is 2. The van der Waals surface area contributed by atoms with Gasteiger partial charge in [-0.15, -0.1) is 0 Å². The van der Waals surface area contributed by atoms with E-state index in [-0.39, 0.29) is 5.82 Å². The van der Waals surface area contributed by atoms with Crippen molar-refractivity contribution in [3.05, 3.63) is 35.3 Å². The van der Waals surface area contributed by atoms with Crippen molar-refractivity contribution in [1.82, 2.24) is 20.0 Å². The van der Waals surface area contributed by atoms with Crippen molar-refractivity contribution >= 4 is 16.9 Å². The minimum atomic E-state index is -0.266. The molecule has 6 heteroatoms. The van der Waals surface area contributed by atoms with Crippen LogP contribution in [0.2, 0.25) is 0 Å². The number of aromatic nitrogens is 4. The molecular formula is C12H12FN5. The molecule has 3 rings (SSSR count). The summed E-state index contributed by atoms with van der Waals surface area (Å²) in [6, 6.07) is 4.55. The zero-order chi connectivity index (χ0) is 12.9. The third-order valence-electron chi connectivity index (χ3n) is 2.97. The van der Waals surface area contributed by atoms with E-state index in [4.69, 9.17) is 5.73 Å². The fourth-order valence-electron chi connectivity index (χ4n) is 2.13. The van der Waals surface area contributed by atoms with Crippen LogP contribution in [0.1, 0.15) is 11.3 Å². The fourth-order valence-corrected chi connectivity index (χ4v) is 2.13. The second-order valence-corrected chi connectivity index (χ2v) is 4.26. The third kappa shape index (κ3) is 1.38. The number of nitrogen functional groups attached to an aromatic ring is 1. The van der Waals surface area contributed by atoms with E-state index in [0.29, 0.717) is 11.5 Å². The maximum atomic E-state index is 13.1. The molecule has 3 N–H and O–H groups in total. The van der Waals surface area contributed by atoms with Gasteiger partial charge in [0.05, 0.1) is 16.8 Å². The number of anilines is 1. The molecular weight excluding hydrogens is 233 g/mol. The molecule has 0 unspecified atom stereocenters. The van der Waals surface area contributed by atoms with Gasteiger partial charge in [0.25, 0.3) is 0 Å². The molecule has 0 saturated carbocycles. The van der Waals surface area contributed by atoms with Crippen molar-refractivity contribution in [3.63, 3.8) is 0 Å². The van der Waals surface area contributed by atoms with Gasteiger partial charge in [0.1, 0.15) is 11.6 Å². The molecule has 0 aliphatic heterocycles. The fraction of sp³-hybridized carbons (Fsp3) is 0.167. The number of fused-ring (bicyclic) bond motifs is 1. The molecule has 2 aromatic heterocycles. The summed E-state index contributed by atoms with van der Waals surface area (Å²) in [5, 5.41) is 12.1. The van der Waals surface area contributed by atoms with Gasteiger partial charge in [0, 0.05) is 0 Å². The van der Waals surface area contributed by atoms with Crippen LogP contribution in [0, 0.1) is 19.7 Å². The van der Waals surface area contributed by atoms with Crippen molar-refractivity contribution in [3.8, 4) is 5.69 Å². The summed E-state index contributed by atoms with van der Waals surface area (Å²) in [6.45, 7) is 3.70. The monoisotopic (exact) mass is 245 g/mol. The van der Waals surface area contributed by atoms with Crippen molar-refractivity contribution in [2.75, 3.05) is 5.73 Å². The minimum Gasteiger partial charge on any atom is -0.383 e. The molecule has 3 aromatic rings. The number of nitrogens with zero attached hydrogens (tertiary/aromatic N) is 3. The Hall–Kier alpha value is -2.37. The van der Waals surface area contributed by atoms with E-state index in [9.17, 15) is 4.39 Å². The van der Waals surface area contributed by atoms with Crippen molar-refractivity contribution < 1.29 is 4.39 Å². The predicted molar refractivity (Wildman–Crippen MR) is 67.1 cm³/mol. The van der Waals surface area contributed by atoms with E-state index in [1.54, 1.807) is 10.7 Å². The second kappa shape index (κ2) is 3.56. The first-order valence-electron chi connectivity index (χ1n) is 5.53. The van der Waals surface area contributed by atoms with E-state index < -0.39 is 0 Å². The van der Waals surface area contributed by atoms with Gasteiger partial charge in [0.2, 0.25) is 0 Å². The zero-order valence-corrected chi connectivity index (χ0v) is 10.0. The molecule has 5 nitrogen and oxygen atoms in total. The van der Waals surface area contributed by atoms with Gasteiger partial charge >= 0.3 is 0 Å². The first-order chi connectivity index (χ1) is 8.58. The first-order valence-corrected chi connectivity index (χ1v) is 5.53. The Morgan fingerprint density at radius 1 is 1.33 bits per heavy atom. The van der Waals surface area contributed by atoms with Crippen molar-refractivity contribution in [1.29, 1.82) is 0 Å². The number of benzene rings is 1. The summed E-state index contributed by atoms with van der Waals surface area (Å²) < 4.78 is 14.8. The van der Waals surface area contributed by atoms with Crippen LogP contribution in [0.15, 0.2) is 18.2 Å². The molecule has 0 bridgehead atoms. The maximum Gasteiger partial charge on any atom is 0.186 e. The number of nitrogens with one attached hydrogen (secondary N) is 1. The molecule has 0 fully saturated rings. The van der Waals surface area contributed by atoms with Crippen LogP contribution in [-0.4, -0.2) is 20.0 Å². The number of rotatable bonds is 1. The van der Waals surface area contributed by atoms with Gasteiger partial charge in [-0.2, -0.15) is 10.2 Å². The van der Waals surface area contributed by atoms with Crippen molar-refractivity contribution in [2.45, 2.75) is 13.8 Å². The van der Waals surface area contributed by atoms with E-state index in [1.807, 2.05) is 13.8 Å². The van der Waals surface area contributed by atoms with Gasteiger partial charge < -0.3 is 5.73 Å². The van der Waals surface area contributed by atoms with Crippen molar-refractivity contribution in [2.24, 2.45) is 0 Å². The molecule has 0 aliphatic carbocycles. The number of nitrogens with two attached hydrogens (primary N) is 1. The lowest BCUT2D eigenvalue weighted by atomic mass is 10.2. The molecule has 0 spiro atoms. The van der Waals surface area contributed by atoms with Gasteiger partial charge in [0.15, 0.2) is 5.65 Å². The summed E-state index contributed by atoms with van der Waals surface area (Å²) in [7, 11) is 0. The highest BCUT2D eigenvalue weighted by molar-refractivity contribution is 5.89. The van der Waals surface area contributed by atoms with Gasteiger partial charge in [-0.3, -0.25) is 5.10 Å². The molecule has 0 saturated heterocycles. The molecule has 0 atom stereocenters. The van der Waals surface area contributed by atoms with Crippen LogP contribution in [-0.2, 0) is 0 Å². The van der Waals surface area contributed by atoms with Crippen LogP contribution in [0.5, 0.6) is 0 Å². The molecule has 2 heterocycles. The van der Waals surface area contributed by atoms with E-state index in [2.05, 4.69) is 15.3 Å². The van der Waals surface area contributed by atoms with E-state index in [0.717, 1.165) is 22.3 Å². The number of hydrogen-bond donors (Lipinski definition) is 2. The number of halogens is 1. The predicted octanol–water partition coefficient (Wildman–Crippen LogP) is 2.09. The molecule has 0 aliphatic rings. The lowest BCUT2D eigenvalue weighted by Gasteiger charge is -2.05. The standard InChI is InChI=1S/C12H12FN5/c1-6-5-8(13)3-4-9(6)18-12-10(7(2)17-18)11(14)15-16-12/h3-5H,1-2H3,(H3,14,15,16). The highest BCUT2D eigenvalue weighted by atomic mass is 19.1.